The summed E-state index contributed by atoms with van der Waals surface area (Å²) in [6.07, 6.45) is 0.749. The average Bonchev–Trinajstić information content (AvgIpc) is 3.31. The highest BCUT2D eigenvalue weighted by atomic mass is 32.1. The van der Waals surface area contributed by atoms with Gasteiger partial charge in [-0.15, -0.1) is 0 Å². The second kappa shape index (κ2) is 8.63. The molecule has 1 amide bonds. The fourth-order valence-electron chi connectivity index (χ4n) is 2.69. The first-order chi connectivity index (χ1) is 13.4. The molecule has 0 radical (unpaired) electrons. The van der Waals surface area contributed by atoms with Crippen LogP contribution in [0.2, 0.25) is 0 Å². The van der Waals surface area contributed by atoms with Gasteiger partial charge in [-0.3, -0.25) is 19.8 Å². The SMILES string of the molecule is COc1cccc2sc(N(CCCN(C)C)C(=O)c3ccc([N+](=O)[O-])s3)nc12. The predicted octanol–water partition coefficient (Wildman–Crippen LogP) is 3.87. The molecule has 0 unspecified atom stereocenters. The van der Waals surface area contributed by atoms with E-state index in [0.29, 0.717) is 27.8 Å². The van der Waals surface area contributed by atoms with Crippen LogP contribution < -0.4 is 9.64 Å². The molecule has 0 bridgehead atoms. The van der Waals surface area contributed by atoms with Gasteiger partial charge in [0.05, 0.1) is 21.6 Å². The molecule has 10 heteroatoms. The van der Waals surface area contributed by atoms with Crippen LogP contribution in [0.15, 0.2) is 30.3 Å². The van der Waals surface area contributed by atoms with Crippen molar-refractivity contribution in [1.29, 1.82) is 0 Å². The number of amides is 1. The van der Waals surface area contributed by atoms with E-state index in [1.807, 2.05) is 37.2 Å². The maximum atomic E-state index is 13.1. The summed E-state index contributed by atoms with van der Waals surface area (Å²) in [6.45, 7) is 1.27. The van der Waals surface area contributed by atoms with E-state index in [4.69, 9.17) is 4.74 Å². The fraction of sp³-hybridized carbons (Fsp3) is 0.333. The molecule has 0 aliphatic rings. The number of rotatable bonds is 8. The first-order valence-corrected chi connectivity index (χ1v) is 10.2. The van der Waals surface area contributed by atoms with Gasteiger partial charge in [-0.2, -0.15) is 0 Å². The van der Waals surface area contributed by atoms with Gasteiger partial charge in [0.25, 0.3) is 5.91 Å². The largest absolute Gasteiger partial charge is 0.494 e. The van der Waals surface area contributed by atoms with E-state index in [1.54, 1.807) is 12.0 Å². The van der Waals surface area contributed by atoms with Crippen molar-refractivity contribution < 1.29 is 14.5 Å². The van der Waals surface area contributed by atoms with Crippen molar-refractivity contribution in [2.45, 2.75) is 6.42 Å². The second-order valence-electron chi connectivity index (χ2n) is 6.31. The number of hydrogen-bond acceptors (Lipinski definition) is 8. The lowest BCUT2D eigenvalue weighted by atomic mass is 10.3. The summed E-state index contributed by atoms with van der Waals surface area (Å²) in [5.74, 6) is 0.363. The molecule has 28 heavy (non-hydrogen) atoms. The summed E-state index contributed by atoms with van der Waals surface area (Å²) in [7, 11) is 5.52. The molecular weight excluding hydrogens is 400 g/mol. The van der Waals surface area contributed by atoms with E-state index in [-0.39, 0.29) is 10.9 Å². The number of benzene rings is 1. The summed E-state index contributed by atoms with van der Waals surface area (Å²) >= 11 is 2.28. The highest BCUT2D eigenvalue weighted by Gasteiger charge is 2.25. The number of nitro groups is 1. The molecule has 0 N–H and O–H groups in total. The molecule has 0 spiro atoms. The van der Waals surface area contributed by atoms with Gasteiger partial charge in [0, 0.05) is 12.6 Å². The van der Waals surface area contributed by atoms with E-state index in [0.717, 1.165) is 29.0 Å². The van der Waals surface area contributed by atoms with Gasteiger partial charge in [0.2, 0.25) is 0 Å². The molecule has 2 aromatic heterocycles. The quantitative estimate of drug-likeness (QED) is 0.406. The van der Waals surface area contributed by atoms with E-state index < -0.39 is 4.92 Å². The van der Waals surface area contributed by atoms with Crippen molar-refractivity contribution in [3.05, 3.63) is 45.3 Å². The number of thiophene rings is 1. The minimum absolute atomic E-state index is 0.0532. The monoisotopic (exact) mass is 420 g/mol. The number of anilines is 1. The van der Waals surface area contributed by atoms with Gasteiger partial charge in [-0.1, -0.05) is 28.7 Å². The topological polar surface area (TPSA) is 88.8 Å². The van der Waals surface area contributed by atoms with Crippen LogP contribution in [0.5, 0.6) is 5.75 Å². The number of hydrogen-bond donors (Lipinski definition) is 0. The van der Waals surface area contributed by atoms with Crippen molar-refractivity contribution in [3.63, 3.8) is 0 Å². The summed E-state index contributed by atoms with van der Waals surface area (Å²) in [5, 5.41) is 11.5. The molecule has 0 saturated carbocycles. The molecule has 3 aromatic rings. The Labute approximate surface area is 170 Å². The third-order valence-electron chi connectivity index (χ3n) is 4.04. The summed E-state index contributed by atoms with van der Waals surface area (Å²) in [6, 6.07) is 8.49. The number of nitrogens with zero attached hydrogens (tertiary/aromatic N) is 4. The minimum atomic E-state index is -0.486. The molecule has 3 rings (SSSR count). The van der Waals surface area contributed by atoms with Crippen LogP contribution in [0.25, 0.3) is 10.2 Å². The first-order valence-electron chi connectivity index (χ1n) is 8.55. The number of methoxy groups -OCH3 is 1. The lowest BCUT2D eigenvalue weighted by Crippen LogP contribution is -2.32. The first kappa shape index (κ1) is 20.2. The lowest BCUT2D eigenvalue weighted by Gasteiger charge is -2.20. The molecule has 0 saturated heterocycles. The molecule has 8 nitrogen and oxygen atoms in total. The van der Waals surface area contributed by atoms with Crippen LogP contribution in [-0.2, 0) is 0 Å². The Balaban J connectivity index is 1.96. The number of para-hydroxylation sites is 1. The van der Waals surface area contributed by atoms with E-state index in [9.17, 15) is 14.9 Å². The Bertz CT molecular complexity index is 999. The standard InChI is InChI=1S/C18H20N4O4S2/c1-20(2)10-5-11-21(17(23)14-8-9-15(27-14)22(24)25)18-19-16-12(26-3)6-4-7-13(16)28-18/h4,6-9H,5,10-11H2,1-3H3. The third-order valence-corrected chi connectivity index (χ3v) is 6.10. The van der Waals surface area contributed by atoms with E-state index in [1.165, 1.54) is 23.5 Å². The van der Waals surface area contributed by atoms with Gasteiger partial charge in [-0.05, 0) is 45.3 Å². The van der Waals surface area contributed by atoms with Crippen LogP contribution >= 0.6 is 22.7 Å². The molecule has 0 aliphatic carbocycles. The number of aromatic nitrogens is 1. The number of carbonyl (C=O) groups is 1. The smallest absolute Gasteiger partial charge is 0.324 e. The second-order valence-corrected chi connectivity index (χ2v) is 8.38. The van der Waals surface area contributed by atoms with Crippen LogP contribution in [0, 0.1) is 10.1 Å². The normalized spacial score (nSPS) is 11.1. The highest BCUT2D eigenvalue weighted by molar-refractivity contribution is 7.22. The maximum absolute atomic E-state index is 13.1. The van der Waals surface area contributed by atoms with Crippen LogP contribution in [0.4, 0.5) is 10.1 Å². The van der Waals surface area contributed by atoms with Crippen molar-refractivity contribution in [3.8, 4) is 5.75 Å². The number of ether oxygens (including phenoxy) is 1. The van der Waals surface area contributed by atoms with Crippen LogP contribution in [0.3, 0.4) is 0 Å². The van der Waals surface area contributed by atoms with Gasteiger partial charge in [0.15, 0.2) is 5.13 Å². The highest BCUT2D eigenvalue weighted by Crippen LogP contribution is 2.35. The molecule has 0 fully saturated rings. The van der Waals surface area contributed by atoms with Gasteiger partial charge < -0.3 is 9.64 Å². The van der Waals surface area contributed by atoms with E-state index >= 15 is 0 Å². The molecule has 148 valence electrons. The lowest BCUT2D eigenvalue weighted by molar-refractivity contribution is -0.380. The minimum Gasteiger partial charge on any atom is -0.494 e. The number of carbonyl (C=O) groups excluding carboxylic acids is 1. The average molecular weight is 421 g/mol. The molecule has 1 aromatic carbocycles. The zero-order valence-electron chi connectivity index (χ0n) is 15.7. The van der Waals surface area contributed by atoms with Crippen LogP contribution in [0.1, 0.15) is 16.1 Å². The zero-order chi connectivity index (χ0) is 20.3. The predicted molar refractivity (Wildman–Crippen MR) is 112 cm³/mol. The molecule has 0 aliphatic heterocycles. The Hall–Kier alpha value is -2.56. The van der Waals surface area contributed by atoms with Crippen molar-refractivity contribution in [2.75, 3.05) is 39.2 Å². The van der Waals surface area contributed by atoms with E-state index in [2.05, 4.69) is 4.98 Å². The van der Waals surface area contributed by atoms with Crippen molar-refractivity contribution in [2.24, 2.45) is 0 Å². The van der Waals surface area contributed by atoms with Crippen molar-refractivity contribution in [1.82, 2.24) is 9.88 Å². The molecule has 2 heterocycles. The molecule has 0 atom stereocenters. The van der Waals surface area contributed by atoms with Gasteiger partial charge in [0.1, 0.15) is 11.3 Å². The fourth-order valence-corrected chi connectivity index (χ4v) is 4.47. The Morgan fingerprint density at radius 2 is 2.00 bits per heavy atom. The third kappa shape index (κ3) is 4.29. The zero-order valence-corrected chi connectivity index (χ0v) is 17.4. The Kier molecular flexibility index (Phi) is 6.22. The summed E-state index contributed by atoms with van der Waals surface area (Å²) < 4.78 is 6.28. The Morgan fingerprint density at radius 3 is 2.64 bits per heavy atom. The number of thiazole rings is 1. The number of fused-ring (bicyclic) bond motifs is 1. The summed E-state index contributed by atoms with van der Waals surface area (Å²) in [5.41, 5.74) is 0.701. The van der Waals surface area contributed by atoms with Crippen LogP contribution in [-0.4, -0.2) is 55.0 Å². The van der Waals surface area contributed by atoms with Gasteiger partial charge >= 0.3 is 5.00 Å². The summed E-state index contributed by atoms with van der Waals surface area (Å²) in [4.78, 5) is 32.2. The molecular formula is C18H20N4O4S2. The van der Waals surface area contributed by atoms with Gasteiger partial charge in [-0.25, -0.2) is 4.98 Å². The maximum Gasteiger partial charge on any atom is 0.324 e. The Morgan fingerprint density at radius 1 is 1.21 bits per heavy atom. The van der Waals surface area contributed by atoms with Crippen molar-refractivity contribution >= 4 is 48.9 Å².